The molecule has 0 saturated heterocycles. The van der Waals surface area contributed by atoms with Crippen LogP contribution < -0.4 is 5.32 Å². The summed E-state index contributed by atoms with van der Waals surface area (Å²) in [7, 11) is 0. The molecule has 26 heavy (non-hydrogen) atoms. The van der Waals surface area contributed by atoms with Crippen LogP contribution in [-0.2, 0) is 4.79 Å². The minimum absolute atomic E-state index is 0.0242. The molecule has 5 nitrogen and oxygen atoms in total. The summed E-state index contributed by atoms with van der Waals surface area (Å²) in [4.78, 5) is 39.4. The molecule has 0 aromatic heterocycles. The molecule has 0 spiro atoms. The van der Waals surface area contributed by atoms with Gasteiger partial charge in [-0.2, -0.15) is 0 Å². The first-order chi connectivity index (χ1) is 12.5. The quantitative estimate of drug-likeness (QED) is 0.655. The standard InChI is InChI=1S/C20H21ClN2O3/c21-10-16(24)22-20-7-11-5-12(8-20)17(13(6-11)9-20)23-18(25)14-3-1-2-4-15(14)19(23)26/h1-4,11-13,17H,5-10H2,(H,22,24). The number of benzene rings is 1. The molecule has 4 aliphatic carbocycles. The second-order valence-electron chi connectivity index (χ2n) is 8.45. The molecule has 1 N–H and O–H groups in total. The second-order valence-corrected chi connectivity index (χ2v) is 8.72. The van der Waals surface area contributed by atoms with Gasteiger partial charge in [0, 0.05) is 11.6 Å². The number of nitrogens with zero attached hydrogens (tertiary/aromatic N) is 1. The van der Waals surface area contributed by atoms with Crippen LogP contribution in [0.15, 0.2) is 24.3 Å². The lowest BCUT2D eigenvalue weighted by atomic mass is 9.50. The van der Waals surface area contributed by atoms with Crippen LogP contribution in [0.4, 0.5) is 0 Å². The van der Waals surface area contributed by atoms with E-state index in [1.165, 1.54) is 4.90 Å². The van der Waals surface area contributed by atoms with Gasteiger partial charge in [-0.05, 0) is 62.0 Å². The van der Waals surface area contributed by atoms with Gasteiger partial charge in [-0.15, -0.1) is 11.6 Å². The Morgan fingerprint density at radius 1 is 1.08 bits per heavy atom. The van der Waals surface area contributed by atoms with Crippen LogP contribution in [0.5, 0.6) is 0 Å². The summed E-state index contributed by atoms with van der Waals surface area (Å²) >= 11 is 5.70. The zero-order valence-corrected chi connectivity index (χ0v) is 15.2. The number of carbonyl (C=O) groups is 3. The topological polar surface area (TPSA) is 66.5 Å². The van der Waals surface area contributed by atoms with E-state index in [1.807, 2.05) is 0 Å². The Balaban J connectivity index is 1.46. The first-order valence-corrected chi connectivity index (χ1v) is 9.89. The molecule has 2 atom stereocenters. The van der Waals surface area contributed by atoms with Gasteiger partial charge in [-0.3, -0.25) is 19.3 Å². The van der Waals surface area contributed by atoms with E-state index in [2.05, 4.69) is 5.32 Å². The molecule has 136 valence electrons. The van der Waals surface area contributed by atoms with Crippen molar-refractivity contribution in [3.05, 3.63) is 35.4 Å². The maximum absolute atomic E-state index is 13.0. The number of nitrogens with one attached hydrogen (secondary N) is 1. The monoisotopic (exact) mass is 372 g/mol. The summed E-state index contributed by atoms with van der Waals surface area (Å²) in [5.41, 5.74) is 0.852. The van der Waals surface area contributed by atoms with Crippen molar-refractivity contribution in [3.8, 4) is 0 Å². The second kappa shape index (κ2) is 5.56. The minimum atomic E-state index is -0.197. The lowest BCUT2D eigenvalue weighted by molar-refractivity contribution is -0.127. The molecule has 1 aromatic carbocycles. The van der Waals surface area contributed by atoms with Gasteiger partial charge in [0.1, 0.15) is 5.88 Å². The van der Waals surface area contributed by atoms with E-state index in [-0.39, 0.29) is 47.0 Å². The number of amides is 3. The molecule has 6 rings (SSSR count). The van der Waals surface area contributed by atoms with Gasteiger partial charge in [-0.1, -0.05) is 12.1 Å². The number of hydrogen-bond donors (Lipinski definition) is 1. The van der Waals surface area contributed by atoms with Crippen molar-refractivity contribution >= 4 is 29.3 Å². The van der Waals surface area contributed by atoms with Gasteiger partial charge in [0.05, 0.1) is 11.1 Å². The fraction of sp³-hybridized carbons (Fsp3) is 0.550. The molecular weight excluding hydrogens is 352 g/mol. The number of fused-ring (bicyclic) bond motifs is 1. The highest BCUT2D eigenvalue weighted by Crippen LogP contribution is 2.57. The Hall–Kier alpha value is -1.88. The van der Waals surface area contributed by atoms with Crippen molar-refractivity contribution in [2.24, 2.45) is 17.8 Å². The molecule has 3 amide bonds. The highest BCUT2D eigenvalue weighted by atomic mass is 35.5. The van der Waals surface area contributed by atoms with Gasteiger partial charge in [-0.25, -0.2) is 0 Å². The SMILES string of the molecule is O=C(CCl)NC12CC3CC(C1)C(N1C(=O)c4ccccc4C1=O)C(C3)C2. The van der Waals surface area contributed by atoms with Crippen molar-refractivity contribution in [2.75, 3.05) is 5.88 Å². The molecule has 5 aliphatic rings. The fourth-order valence-electron chi connectivity index (χ4n) is 6.38. The van der Waals surface area contributed by atoms with Gasteiger partial charge in [0.25, 0.3) is 11.8 Å². The van der Waals surface area contributed by atoms with Crippen molar-refractivity contribution in [1.82, 2.24) is 10.2 Å². The van der Waals surface area contributed by atoms with E-state index >= 15 is 0 Å². The molecular formula is C20H21ClN2O3. The molecule has 6 heteroatoms. The van der Waals surface area contributed by atoms with Crippen molar-refractivity contribution in [3.63, 3.8) is 0 Å². The van der Waals surface area contributed by atoms with Crippen LogP contribution in [0, 0.1) is 17.8 Å². The maximum Gasteiger partial charge on any atom is 0.261 e. The third kappa shape index (κ3) is 2.19. The predicted molar refractivity (Wildman–Crippen MR) is 95.9 cm³/mol. The molecule has 0 radical (unpaired) electrons. The Kier molecular flexibility index (Phi) is 3.48. The summed E-state index contributed by atoms with van der Waals surface area (Å²) < 4.78 is 0. The summed E-state index contributed by atoms with van der Waals surface area (Å²) in [6.07, 6.45) is 4.74. The lowest BCUT2D eigenvalue weighted by Gasteiger charge is -2.61. The third-order valence-electron chi connectivity index (χ3n) is 6.87. The number of rotatable bonds is 3. The minimum Gasteiger partial charge on any atom is -0.350 e. The Morgan fingerprint density at radius 2 is 1.65 bits per heavy atom. The van der Waals surface area contributed by atoms with Crippen LogP contribution in [0.1, 0.15) is 52.8 Å². The highest BCUT2D eigenvalue weighted by molar-refractivity contribution is 6.27. The van der Waals surface area contributed by atoms with Gasteiger partial charge >= 0.3 is 0 Å². The molecule has 4 bridgehead atoms. The Labute approximate surface area is 157 Å². The highest BCUT2D eigenvalue weighted by Gasteiger charge is 2.59. The summed E-state index contributed by atoms with van der Waals surface area (Å²) in [6.45, 7) is 0. The third-order valence-corrected chi connectivity index (χ3v) is 7.12. The van der Waals surface area contributed by atoms with Crippen LogP contribution in [0.3, 0.4) is 0 Å². The Bertz CT molecular complexity index is 772. The normalized spacial score (nSPS) is 37.2. The first kappa shape index (κ1) is 16.3. The smallest absolute Gasteiger partial charge is 0.261 e. The first-order valence-electron chi connectivity index (χ1n) is 9.35. The molecule has 4 fully saturated rings. The molecule has 2 unspecified atom stereocenters. The van der Waals surface area contributed by atoms with Crippen molar-refractivity contribution < 1.29 is 14.4 Å². The lowest BCUT2D eigenvalue weighted by Crippen LogP contribution is -2.67. The maximum atomic E-state index is 13.0. The van der Waals surface area contributed by atoms with Crippen LogP contribution in [0.2, 0.25) is 0 Å². The van der Waals surface area contributed by atoms with Gasteiger partial charge in [0.15, 0.2) is 0 Å². The van der Waals surface area contributed by atoms with E-state index in [0.29, 0.717) is 17.0 Å². The van der Waals surface area contributed by atoms with E-state index in [0.717, 1.165) is 32.1 Å². The largest absolute Gasteiger partial charge is 0.350 e. The average Bonchev–Trinajstić information content (AvgIpc) is 2.86. The molecule has 1 aromatic rings. The Morgan fingerprint density at radius 3 is 2.19 bits per heavy atom. The summed E-state index contributed by atoms with van der Waals surface area (Å²) in [5, 5.41) is 3.17. The van der Waals surface area contributed by atoms with E-state index in [9.17, 15) is 14.4 Å². The van der Waals surface area contributed by atoms with Crippen LogP contribution in [-0.4, -0.2) is 40.1 Å². The van der Waals surface area contributed by atoms with E-state index < -0.39 is 0 Å². The van der Waals surface area contributed by atoms with Crippen molar-refractivity contribution in [2.45, 2.75) is 43.7 Å². The van der Waals surface area contributed by atoms with Crippen molar-refractivity contribution in [1.29, 1.82) is 0 Å². The summed E-state index contributed by atoms with van der Waals surface area (Å²) in [6, 6.07) is 7.06. The van der Waals surface area contributed by atoms with E-state index in [4.69, 9.17) is 11.6 Å². The average molecular weight is 373 g/mol. The molecule has 1 heterocycles. The zero-order chi connectivity index (χ0) is 18.1. The number of carbonyl (C=O) groups excluding carboxylic acids is 3. The van der Waals surface area contributed by atoms with Gasteiger partial charge in [0.2, 0.25) is 5.91 Å². The van der Waals surface area contributed by atoms with Crippen LogP contribution in [0.25, 0.3) is 0 Å². The number of imide groups is 1. The van der Waals surface area contributed by atoms with Gasteiger partial charge < -0.3 is 5.32 Å². The van der Waals surface area contributed by atoms with E-state index in [1.54, 1.807) is 24.3 Å². The molecule has 4 saturated carbocycles. The number of hydrogen-bond acceptors (Lipinski definition) is 3. The summed E-state index contributed by atoms with van der Waals surface area (Å²) in [5.74, 6) is 0.645. The number of halogens is 1. The zero-order valence-electron chi connectivity index (χ0n) is 14.4. The molecule has 1 aliphatic heterocycles. The number of alkyl halides is 1. The van der Waals surface area contributed by atoms with Crippen LogP contribution >= 0.6 is 11.6 Å². The predicted octanol–water partition coefficient (Wildman–Crippen LogP) is 2.58. The fourth-order valence-corrected chi connectivity index (χ4v) is 6.45.